The third kappa shape index (κ3) is 2.76. The predicted molar refractivity (Wildman–Crippen MR) is 61.9 cm³/mol. The molecule has 0 aliphatic rings. The minimum atomic E-state index is -4.78. The minimum Gasteiger partial charge on any atom is -0.384 e. The molecule has 0 heterocycles. The van der Waals surface area contributed by atoms with Gasteiger partial charge in [-0.25, -0.2) is 4.39 Å². The molecule has 0 amide bonds. The molecule has 0 bridgehead atoms. The quantitative estimate of drug-likeness (QED) is 0.820. The van der Waals surface area contributed by atoms with E-state index in [9.17, 15) is 22.7 Å². The van der Waals surface area contributed by atoms with Gasteiger partial charge in [0.15, 0.2) is 0 Å². The van der Waals surface area contributed by atoms with Gasteiger partial charge in [0.2, 0.25) is 0 Å². The number of benzene rings is 2. The number of aliphatic hydroxyl groups is 1. The third-order valence-corrected chi connectivity index (χ3v) is 2.74. The van der Waals surface area contributed by atoms with Gasteiger partial charge in [-0.05, 0) is 11.6 Å². The number of alkyl halides is 3. The standard InChI is InChI=1S/C14H10F4O/c15-12-10(7-4-8-11(12)14(16,17)18)13(19)9-5-2-1-3-6-9/h1-8,13,19H/t13-/m0/s1. The van der Waals surface area contributed by atoms with Crippen molar-refractivity contribution in [3.05, 3.63) is 71.0 Å². The zero-order chi connectivity index (χ0) is 14.0. The fraction of sp³-hybridized carbons (Fsp3) is 0.143. The van der Waals surface area contributed by atoms with Gasteiger partial charge in [0.05, 0.1) is 5.56 Å². The molecule has 1 nitrogen and oxygen atoms in total. The smallest absolute Gasteiger partial charge is 0.384 e. The summed E-state index contributed by atoms with van der Waals surface area (Å²) in [4.78, 5) is 0. The molecule has 0 radical (unpaired) electrons. The maximum Gasteiger partial charge on any atom is 0.419 e. The van der Waals surface area contributed by atoms with Crippen molar-refractivity contribution in [1.29, 1.82) is 0 Å². The van der Waals surface area contributed by atoms with E-state index in [4.69, 9.17) is 0 Å². The Morgan fingerprint density at radius 3 is 2.11 bits per heavy atom. The lowest BCUT2D eigenvalue weighted by Gasteiger charge is -2.15. The van der Waals surface area contributed by atoms with Crippen LogP contribution in [0.3, 0.4) is 0 Å². The number of rotatable bonds is 2. The second-order valence-electron chi connectivity index (χ2n) is 4.02. The van der Waals surface area contributed by atoms with E-state index in [1.807, 2.05) is 0 Å². The Bertz CT molecular complexity index is 563. The Kier molecular flexibility index (Phi) is 3.57. The van der Waals surface area contributed by atoms with E-state index in [1.54, 1.807) is 18.2 Å². The average molecular weight is 270 g/mol. The zero-order valence-electron chi connectivity index (χ0n) is 9.66. The molecule has 19 heavy (non-hydrogen) atoms. The highest BCUT2D eigenvalue weighted by Gasteiger charge is 2.35. The van der Waals surface area contributed by atoms with Crippen LogP contribution in [0.2, 0.25) is 0 Å². The maximum atomic E-state index is 13.8. The summed E-state index contributed by atoms with van der Waals surface area (Å²) in [6.45, 7) is 0. The lowest BCUT2D eigenvalue weighted by atomic mass is 9.99. The summed E-state index contributed by atoms with van der Waals surface area (Å²) in [5.41, 5.74) is -1.43. The first kappa shape index (κ1) is 13.5. The summed E-state index contributed by atoms with van der Waals surface area (Å²) in [5, 5.41) is 9.96. The van der Waals surface area contributed by atoms with E-state index in [-0.39, 0.29) is 5.56 Å². The maximum absolute atomic E-state index is 13.8. The summed E-state index contributed by atoms with van der Waals surface area (Å²) in [6, 6.07) is 10.8. The Morgan fingerprint density at radius 1 is 0.895 bits per heavy atom. The lowest BCUT2D eigenvalue weighted by molar-refractivity contribution is -0.140. The Labute approximate surface area is 107 Å². The van der Waals surface area contributed by atoms with E-state index >= 15 is 0 Å². The molecule has 0 aliphatic heterocycles. The first-order valence-corrected chi connectivity index (χ1v) is 5.50. The lowest BCUT2D eigenvalue weighted by Crippen LogP contribution is -2.12. The second-order valence-corrected chi connectivity index (χ2v) is 4.02. The van der Waals surface area contributed by atoms with Crippen molar-refractivity contribution in [2.75, 3.05) is 0 Å². The van der Waals surface area contributed by atoms with Gasteiger partial charge in [-0.2, -0.15) is 13.2 Å². The van der Waals surface area contributed by atoms with E-state index in [2.05, 4.69) is 0 Å². The Morgan fingerprint density at radius 2 is 1.53 bits per heavy atom. The normalized spacial score (nSPS) is 13.3. The molecule has 100 valence electrons. The van der Waals surface area contributed by atoms with Gasteiger partial charge < -0.3 is 5.11 Å². The molecule has 2 aromatic carbocycles. The number of hydrogen-bond acceptors (Lipinski definition) is 1. The summed E-state index contributed by atoms with van der Waals surface area (Å²) in [6.07, 6.45) is -6.21. The number of halogens is 4. The van der Waals surface area contributed by atoms with Gasteiger partial charge in [-0.3, -0.25) is 0 Å². The van der Waals surface area contributed by atoms with Crippen LogP contribution >= 0.6 is 0 Å². The molecule has 2 aromatic rings. The van der Waals surface area contributed by atoms with Crippen LogP contribution in [0.4, 0.5) is 17.6 Å². The average Bonchev–Trinajstić information content (AvgIpc) is 2.38. The summed E-state index contributed by atoms with van der Waals surface area (Å²) in [5.74, 6) is -1.44. The highest BCUT2D eigenvalue weighted by atomic mass is 19.4. The molecule has 0 saturated carbocycles. The Balaban J connectivity index is 2.47. The minimum absolute atomic E-state index is 0.334. The van der Waals surface area contributed by atoms with Crippen LogP contribution in [-0.4, -0.2) is 5.11 Å². The predicted octanol–water partition coefficient (Wildman–Crippen LogP) is 3.93. The van der Waals surface area contributed by atoms with E-state index in [1.165, 1.54) is 12.1 Å². The molecule has 0 fully saturated rings. The van der Waals surface area contributed by atoms with E-state index < -0.39 is 23.7 Å². The van der Waals surface area contributed by atoms with Crippen LogP contribution in [0, 0.1) is 5.82 Å². The van der Waals surface area contributed by atoms with Crippen molar-refractivity contribution in [2.24, 2.45) is 0 Å². The SMILES string of the molecule is O[C@@H](c1ccccc1)c1cccc(C(F)(F)F)c1F. The van der Waals surface area contributed by atoms with Crippen molar-refractivity contribution >= 4 is 0 Å². The molecular weight excluding hydrogens is 260 g/mol. The van der Waals surface area contributed by atoms with Gasteiger partial charge in [0, 0.05) is 5.56 Å². The first-order valence-electron chi connectivity index (χ1n) is 5.50. The molecule has 1 N–H and O–H groups in total. The van der Waals surface area contributed by atoms with Crippen LogP contribution in [0.1, 0.15) is 22.8 Å². The van der Waals surface area contributed by atoms with Crippen molar-refractivity contribution in [1.82, 2.24) is 0 Å². The first-order chi connectivity index (χ1) is 8.91. The van der Waals surface area contributed by atoms with E-state index in [0.29, 0.717) is 11.6 Å². The van der Waals surface area contributed by atoms with Crippen LogP contribution < -0.4 is 0 Å². The fourth-order valence-electron chi connectivity index (χ4n) is 1.79. The topological polar surface area (TPSA) is 20.2 Å². The molecule has 1 atom stereocenters. The molecule has 5 heteroatoms. The van der Waals surface area contributed by atoms with Gasteiger partial charge >= 0.3 is 6.18 Å². The summed E-state index contributed by atoms with van der Waals surface area (Å²) >= 11 is 0. The number of hydrogen-bond donors (Lipinski definition) is 1. The molecule has 0 aromatic heterocycles. The molecular formula is C14H10F4O. The van der Waals surface area contributed by atoms with E-state index in [0.717, 1.165) is 12.1 Å². The largest absolute Gasteiger partial charge is 0.419 e. The molecule has 0 aliphatic carbocycles. The van der Waals surface area contributed by atoms with Crippen molar-refractivity contribution < 1.29 is 22.7 Å². The van der Waals surface area contributed by atoms with Gasteiger partial charge in [0.1, 0.15) is 11.9 Å². The number of aliphatic hydroxyl groups excluding tert-OH is 1. The van der Waals surface area contributed by atoms with Crippen LogP contribution in [0.15, 0.2) is 48.5 Å². The van der Waals surface area contributed by atoms with Crippen LogP contribution in [0.5, 0.6) is 0 Å². The fourth-order valence-corrected chi connectivity index (χ4v) is 1.79. The molecule has 0 spiro atoms. The highest BCUT2D eigenvalue weighted by Crippen LogP contribution is 2.35. The highest BCUT2D eigenvalue weighted by molar-refractivity contribution is 5.35. The summed E-state index contributed by atoms with van der Waals surface area (Å²) < 4.78 is 51.5. The third-order valence-electron chi connectivity index (χ3n) is 2.74. The molecule has 0 saturated heterocycles. The van der Waals surface area contributed by atoms with Crippen LogP contribution in [0.25, 0.3) is 0 Å². The van der Waals surface area contributed by atoms with Gasteiger partial charge in [0.25, 0.3) is 0 Å². The monoisotopic (exact) mass is 270 g/mol. The van der Waals surface area contributed by atoms with Crippen molar-refractivity contribution in [3.8, 4) is 0 Å². The van der Waals surface area contributed by atoms with Gasteiger partial charge in [-0.1, -0.05) is 42.5 Å². The van der Waals surface area contributed by atoms with Crippen molar-refractivity contribution in [2.45, 2.75) is 12.3 Å². The summed E-state index contributed by atoms with van der Waals surface area (Å²) in [7, 11) is 0. The van der Waals surface area contributed by atoms with Gasteiger partial charge in [-0.15, -0.1) is 0 Å². The van der Waals surface area contributed by atoms with Crippen molar-refractivity contribution in [3.63, 3.8) is 0 Å². The van der Waals surface area contributed by atoms with Crippen LogP contribution in [-0.2, 0) is 6.18 Å². The molecule has 2 rings (SSSR count). The zero-order valence-corrected chi connectivity index (χ0v) is 9.66. The Hall–Kier alpha value is -1.88. The molecule has 0 unspecified atom stereocenters. The second kappa shape index (κ2) is 5.01.